The largest absolute Gasteiger partial charge is 0.370 e. The van der Waals surface area contributed by atoms with Crippen LogP contribution in [-0.2, 0) is 6.42 Å². The van der Waals surface area contributed by atoms with Crippen molar-refractivity contribution in [1.29, 1.82) is 0 Å². The van der Waals surface area contributed by atoms with Gasteiger partial charge in [-0.2, -0.15) is 0 Å². The number of guanidine groups is 1. The maximum atomic E-state index is 6.07. The van der Waals surface area contributed by atoms with Gasteiger partial charge in [-0.15, -0.1) is 6.58 Å². The van der Waals surface area contributed by atoms with Gasteiger partial charge in [0.15, 0.2) is 5.96 Å². The van der Waals surface area contributed by atoms with Crippen LogP contribution >= 0.6 is 23.2 Å². The van der Waals surface area contributed by atoms with Gasteiger partial charge >= 0.3 is 0 Å². The van der Waals surface area contributed by atoms with E-state index in [2.05, 4.69) is 16.9 Å². The van der Waals surface area contributed by atoms with Crippen LogP contribution < -0.4 is 11.1 Å². The SMILES string of the molecule is C=CCNC(N)=NCCCc1ccc(Cl)cc1Cl. The highest BCUT2D eigenvalue weighted by Gasteiger charge is 2.00. The first kappa shape index (κ1) is 14.9. The Morgan fingerprint density at radius 2 is 2.22 bits per heavy atom. The highest BCUT2D eigenvalue weighted by atomic mass is 35.5. The van der Waals surface area contributed by atoms with Gasteiger partial charge in [0.25, 0.3) is 0 Å². The van der Waals surface area contributed by atoms with Crippen molar-refractivity contribution in [3.8, 4) is 0 Å². The molecule has 18 heavy (non-hydrogen) atoms. The number of hydrogen-bond donors (Lipinski definition) is 2. The van der Waals surface area contributed by atoms with E-state index in [0.29, 0.717) is 29.1 Å². The van der Waals surface area contributed by atoms with E-state index in [0.717, 1.165) is 18.4 Å². The van der Waals surface area contributed by atoms with E-state index in [1.54, 1.807) is 12.1 Å². The number of aliphatic imine (C=N–C) groups is 1. The number of halogens is 2. The molecule has 0 bridgehead atoms. The van der Waals surface area contributed by atoms with Gasteiger partial charge in [0.1, 0.15) is 0 Å². The summed E-state index contributed by atoms with van der Waals surface area (Å²) in [6.45, 7) is 4.87. The molecule has 0 spiro atoms. The number of rotatable bonds is 6. The van der Waals surface area contributed by atoms with Crippen LogP contribution in [0.25, 0.3) is 0 Å². The molecule has 0 fully saturated rings. The summed E-state index contributed by atoms with van der Waals surface area (Å²) in [5, 5.41) is 4.27. The summed E-state index contributed by atoms with van der Waals surface area (Å²) in [5.74, 6) is 0.442. The van der Waals surface area contributed by atoms with Crippen molar-refractivity contribution in [2.24, 2.45) is 10.7 Å². The molecule has 3 N–H and O–H groups in total. The van der Waals surface area contributed by atoms with Gasteiger partial charge in [0, 0.05) is 23.1 Å². The first-order valence-electron chi connectivity index (χ1n) is 5.72. The number of hydrogen-bond acceptors (Lipinski definition) is 1. The molecule has 3 nitrogen and oxygen atoms in total. The van der Waals surface area contributed by atoms with Crippen LogP contribution in [0, 0.1) is 0 Å². The minimum absolute atomic E-state index is 0.442. The average molecular weight is 286 g/mol. The smallest absolute Gasteiger partial charge is 0.188 e. The molecule has 0 aliphatic carbocycles. The number of aryl methyl sites for hydroxylation is 1. The lowest BCUT2D eigenvalue weighted by atomic mass is 10.1. The lowest BCUT2D eigenvalue weighted by Gasteiger charge is -2.04. The second-order valence-electron chi connectivity index (χ2n) is 3.78. The molecule has 0 saturated carbocycles. The van der Waals surface area contributed by atoms with Crippen LogP contribution in [0.15, 0.2) is 35.8 Å². The van der Waals surface area contributed by atoms with Crippen molar-refractivity contribution in [2.75, 3.05) is 13.1 Å². The average Bonchev–Trinajstić information content (AvgIpc) is 2.34. The number of nitrogens with one attached hydrogen (secondary N) is 1. The van der Waals surface area contributed by atoms with E-state index in [4.69, 9.17) is 28.9 Å². The van der Waals surface area contributed by atoms with Crippen LogP contribution in [-0.4, -0.2) is 19.0 Å². The van der Waals surface area contributed by atoms with Gasteiger partial charge in [0.2, 0.25) is 0 Å². The summed E-state index contributed by atoms with van der Waals surface area (Å²) in [7, 11) is 0. The van der Waals surface area contributed by atoms with E-state index < -0.39 is 0 Å². The molecular formula is C13H17Cl2N3. The molecule has 0 aromatic heterocycles. The fraction of sp³-hybridized carbons (Fsp3) is 0.308. The zero-order valence-electron chi connectivity index (χ0n) is 10.1. The van der Waals surface area contributed by atoms with E-state index in [1.165, 1.54) is 0 Å². The van der Waals surface area contributed by atoms with Gasteiger partial charge in [-0.3, -0.25) is 4.99 Å². The third kappa shape index (κ3) is 5.43. The van der Waals surface area contributed by atoms with Gasteiger partial charge in [0.05, 0.1) is 0 Å². The van der Waals surface area contributed by atoms with Crippen molar-refractivity contribution in [1.82, 2.24) is 5.32 Å². The molecule has 1 aromatic rings. The second-order valence-corrected chi connectivity index (χ2v) is 4.62. The molecule has 0 atom stereocenters. The lowest BCUT2D eigenvalue weighted by Crippen LogP contribution is -2.31. The molecule has 0 unspecified atom stereocenters. The van der Waals surface area contributed by atoms with Crippen molar-refractivity contribution < 1.29 is 0 Å². The minimum Gasteiger partial charge on any atom is -0.370 e. The predicted molar refractivity (Wildman–Crippen MR) is 79.5 cm³/mol. The van der Waals surface area contributed by atoms with Crippen LogP contribution in [0.5, 0.6) is 0 Å². The quantitative estimate of drug-likeness (QED) is 0.365. The Labute approximate surface area is 118 Å². The molecule has 98 valence electrons. The molecule has 1 aromatic carbocycles. The van der Waals surface area contributed by atoms with Crippen LogP contribution in [0.2, 0.25) is 10.0 Å². The Morgan fingerprint density at radius 3 is 2.89 bits per heavy atom. The van der Waals surface area contributed by atoms with E-state index in [1.807, 2.05) is 12.1 Å². The summed E-state index contributed by atoms with van der Waals surface area (Å²) in [4.78, 5) is 4.19. The molecule has 1 rings (SSSR count). The highest BCUT2D eigenvalue weighted by molar-refractivity contribution is 6.35. The highest BCUT2D eigenvalue weighted by Crippen LogP contribution is 2.21. The molecule has 0 saturated heterocycles. The van der Waals surface area contributed by atoms with Crippen molar-refractivity contribution in [2.45, 2.75) is 12.8 Å². The third-order valence-corrected chi connectivity index (χ3v) is 2.92. The maximum absolute atomic E-state index is 6.07. The first-order valence-corrected chi connectivity index (χ1v) is 6.47. The van der Waals surface area contributed by atoms with Crippen molar-refractivity contribution >= 4 is 29.2 Å². The van der Waals surface area contributed by atoms with E-state index in [9.17, 15) is 0 Å². The molecule has 0 amide bonds. The topological polar surface area (TPSA) is 50.4 Å². The zero-order chi connectivity index (χ0) is 13.4. The van der Waals surface area contributed by atoms with E-state index in [-0.39, 0.29) is 0 Å². The van der Waals surface area contributed by atoms with E-state index >= 15 is 0 Å². The van der Waals surface area contributed by atoms with Crippen LogP contribution in [0.1, 0.15) is 12.0 Å². The molecule has 0 aliphatic rings. The fourth-order valence-corrected chi connectivity index (χ4v) is 1.93. The Kier molecular flexibility index (Phi) is 6.61. The molecule has 0 heterocycles. The summed E-state index contributed by atoms with van der Waals surface area (Å²) in [5.41, 5.74) is 6.71. The van der Waals surface area contributed by atoms with Crippen molar-refractivity contribution in [3.63, 3.8) is 0 Å². The Balaban J connectivity index is 2.35. The minimum atomic E-state index is 0.442. The van der Waals surface area contributed by atoms with Gasteiger partial charge in [-0.1, -0.05) is 35.3 Å². The summed E-state index contributed by atoms with van der Waals surface area (Å²) < 4.78 is 0. The molecule has 0 radical (unpaired) electrons. The Hall–Kier alpha value is -1.19. The Morgan fingerprint density at radius 1 is 1.44 bits per heavy atom. The third-order valence-electron chi connectivity index (χ3n) is 2.33. The standard InChI is InChI=1S/C13H17Cl2N3/c1-2-7-17-13(16)18-8-3-4-10-5-6-11(14)9-12(10)15/h2,5-6,9H,1,3-4,7-8H2,(H3,16,17,18). The maximum Gasteiger partial charge on any atom is 0.188 e. The molecular weight excluding hydrogens is 269 g/mol. The molecule has 5 heteroatoms. The molecule has 0 aliphatic heterocycles. The normalized spacial score (nSPS) is 11.3. The zero-order valence-corrected chi connectivity index (χ0v) is 11.6. The second kappa shape index (κ2) is 8.01. The van der Waals surface area contributed by atoms with Crippen LogP contribution in [0.4, 0.5) is 0 Å². The fourth-order valence-electron chi connectivity index (χ4n) is 1.43. The number of benzene rings is 1. The summed E-state index contributed by atoms with van der Waals surface area (Å²) in [6, 6.07) is 5.53. The Bertz CT molecular complexity index is 430. The number of nitrogens with two attached hydrogens (primary N) is 1. The first-order chi connectivity index (χ1) is 8.63. The van der Waals surface area contributed by atoms with Gasteiger partial charge < -0.3 is 11.1 Å². The summed E-state index contributed by atoms with van der Waals surface area (Å²) in [6.07, 6.45) is 3.47. The lowest BCUT2D eigenvalue weighted by molar-refractivity contribution is 0.824. The monoisotopic (exact) mass is 285 g/mol. The summed E-state index contributed by atoms with van der Waals surface area (Å²) >= 11 is 11.9. The number of nitrogens with zero attached hydrogens (tertiary/aromatic N) is 1. The van der Waals surface area contributed by atoms with Gasteiger partial charge in [-0.05, 0) is 30.5 Å². The predicted octanol–water partition coefficient (Wildman–Crippen LogP) is 3.02. The van der Waals surface area contributed by atoms with Crippen molar-refractivity contribution in [3.05, 3.63) is 46.5 Å². The van der Waals surface area contributed by atoms with Gasteiger partial charge in [-0.25, -0.2) is 0 Å². The van der Waals surface area contributed by atoms with Crippen LogP contribution in [0.3, 0.4) is 0 Å².